The number of carbonyl (C=O) groups is 2. The molecule has 0 saturated carbocycles. The maximum Gasteiger partial charge on any atom is 0.408 e. The van der Waals surface area contributed by atoms with E-state index in [9.17, 15) is 9.59 Å². The SMILES string of the molecule is CC(=O)SC[C@H](NC(=O)OC(C)(C)C)[C@@H](/C=C/CCCCCCCCCC(C)C)O[Si](C)(C)C(C)(C)C. The smallest absolute Gasteiger partial charge is 0.408 e. The van der Waals surface area contributed by atoms with Crippen LogP contribution in [0.5, 0.6) is 0 Å². The van der Waals surface area contributed by atoms with Gasteiger partial charge in [-0.3, -0.25) is 4.79 Å². The molecule has 0 aromatic heterocycles. The van der Waals surface area contributed by atoms with Crippen molar-refractivity contribution in [2.45, 2.75) is 156 Å². The highest BCUT2D eigenvalue weighted by Crippen LogP contribution is 2.38. The van der Waals surface area contributed by atoms with Crippen LogP contribution in [0.3, 0.4) is 0 Å². The molecule has 0 rings (SSSR count). The van der Waals surface area contributed by atoms with E-state index in [2.05, 4.69) is 65.2 Å². The second-order valence-electron chi connectivity index (χ2n) is 13.3. The summed E-state index contributed by atoms with van der Waals surface area (Å²) in [5.41, 5.74) is -0.595. The zero-order chi connectivity index (χ0) is 28.7. The Labute approximate surface area is 234 Å². The fourth-order valence-corrected chi connectivity index (χ4v) is 5.55. The first-order valence-electron chi connectivity index (χ1n) is 14.4. The van der Waals surface area contributed by atoms with Gasteiger partial charge in [-0.1, -0.05) is 103 Å². The van der Waals surface area contributed by atoms with Crippen LogP contribution in [0.25, 0.3) is 0 Å². The van der Waals surface area contributed by atoms with Crippen LogP contribution in [0.1, 0.15) is 120 Å². The van der Waals surface area contributed by atoms with Crippen LogP contribution in [0, 0.1) is 5.92 Å². The minimum atomic E-state index is -2.13. The lowest BCUT2D eigenvalue weighted by molar-refractivity contribution is -0.109. The third-order valence-electron chi connectivity index (χ3n) is 6.78. The van der Waals surface area contributed by atoms with Gasteiger partial charge in [-0.25, -0.2) is 4.79 Å². The molecule has 0 unspecified atom stereocenters. The molecule has 0 aliphatic rings. The number of rotatable bonds is 17. The van der Waals surface area contributed by atoms with Crippen molar-refractivity contribution in [3.63, 3.8) is 0 Å². The second kappa shape index (κ2) is 17.7. The van der Waals surface area contributed by atoms with E-state index in [1.54, 1.807) is 6.92 Å². The highest BCUT2D eigenvalue weighted by atomic mass is 32.2. The Bertz CT molecular complexity index is 680. The zero-order valence-corrected chi connectivity index (χ0v) is 27.8. The molecule has 0 aromatic carbocycles. The van der Waals surface area contributed by atoms with E-state index in [0.717, 1.165) is 18.8 Å². The maximum absolute atomic E-state index is 12.7. The Kier molecular flexibility index (Phi) is 17.3. The first-order valence-corrected chi connectivity index (χ1v) is 18.3. The van der Waals surface area contributed by atoms with Crippen LogP contribution >= 0.6 is 11.8 Å². The van der Waals surface area contributed by atoms with Crippen molar-refractivity contribution < 1.29 is 18.8 Å². The molecule has 0 aliphatic heterocycles. The third-order valence-corrected chi connectivity index (χ3v) is 12.2. The van der Waals surface area contributed by atoms with Crippen molar-refractivity contribution in [2.75, 3.05) is 5.75 Å². The van der Waals surface area contributed by atoms with Crippen LogP contribution < -0.4 is 5.32 Å². The van der Waals surface area contributed by atoms with E-state index in [0.29, 0.717) is 5.75 Å². The quantitative estimate of drug-likeness (QED) is 0.110. The van der Waals surface area contributed by atoms with Gasteiger partial charge >= 0.3 is 6.09 Å². The number of hydrogen-bond donors (Lipinski definition) is 1. The zero-order valence-electron chi connectivity index (χ0n) is 26.0. The second-order valence-corrected chi connectivity index (χ2v) is 19.2. The van der Waals surface area contributed by atoms with Gasteiger partial charge in [-0.15, -0.1) is 0 Å². The lowest BCUT2D eigenvalue weighted by Crippen LogP contribution is -2.52. The Morgan fingerprint density at radius 3 is 1.95 bits per heavy atom. The van der Waals surface area contributed by atoms with Gasteiger partial charge in [0, 0.05) is 12.7 Å². The molecule has 2 atom stereocenters. The summed E-state index contributed by atoms with van der Waals surface area (Å²) in [6, 6.07) is -0.361. The van der Waals surface area contributed by atoms with Gasteiger partial charge in [-0.2, -0.15) is 0 Å². The molecule has 0 aliphatic carbocycles. The highest BCUT2D eigenvalue weighted by Gasteiger charge is 2.40. The van der Waals surface area contributed by atoms with Crippen molar-refractivity contribution in [1.82, 2.24) is 5.32 Å². The van der Waals surface area contributed by atoms with Crippen LogP contribution in [-0.2, 0) is 14.0 Å². The Morgan fingerprint density at radius 2 is 1.46 bits per heavy atom. The van der Waals surface area contributed by atoms with E-state index < -0.39 is 20.0 Å². The number of hydrogen-bond acceptors (Lipinski definition) is 5. The van der Waals surface area contributed by atoms with E-state index in [1.807, 2.05) is 20.8 Å². The number of alkyl carbamates (subject to hydrolysis) is 1. The highest BCUT2D eigenvalue weighted by molar-refractivity contribution is 8.13. The van der Waals surface area contributed by atoms with Crippen molar-refractivity contribution in [3.8, 4) is 0 Å². The van der Waals surface area contributed by atoms with Crippen molar-refractivity contribution in [2.24, 2.45) is 5.92 Å². The molecule has 0 spiro atoms. The summed E-state index contributed by atoms with van der Waals surface area (Å²) in [4.78, 5) is 24.4. The lowest BCUT2D eigenvalue weighted by atomic mass is 10.0. The normalized spacial score (nSPS) is 14.7. The number of unbranched alkanes of at least 4 members (excludes halogenated alkanes) is 7. The number of allylic oxidation sites excluding steroid dienone is 1. The molecule has 0 radical (unpaired) electrons. The average molecular weight is 558 g/mol. The first kappa shape index (κ1) is 36.2. The van der Waals surface area contributed by atoms with E-state index in [4.69, 9.17) is 9.16 Å². The van der Waals surface area contributed by atoms with Crippen LogP contribution in [-0.4, -0.2) is 43.0 Å². The molecule has 0 aromatic rings. The number of carbonyl (C=O) groups excluding carboxylic acids is 2. The predicted molar refractivity (Wildman–Crippen MR) is 164 cm³/mol. The van der Waals surface area contributed by atoms with Gasteiger partial charge in [0.25, 0.3) is 0 Å². The molecule has 1 amide bonds. The summed E-state index contributed by atoms with van der Waals surface area (Å²) in [5, 5.41) is 3.06. The van der Waals surface area contributed by atoms with E-state index in [-0.39, 0.29) is 22.3 Å². The summed E-state index contributed by atoms with van der Waals surface area (Å²) in [6.45, 7) is 22.8. The molecule has 0 fully saturated rings. The number of amides is 1. The van der Waals surface area contributed by atoms with Gasteiger partial charge in [-0.05, 0) is 57.7 Å². The monoisotopic (exact) mass is 557 g/mol. The average Bonchev–Trinajstić information content (AvgIpc) is 2.71. The predicted octanol–water partition coefficient (Wildman–Crippen LogP) is 9.27. The third kappa shape index (κ3) is 19.0. The number of ether oxygens (including phenoxy) is 1. The number of thioether (sulfide) groups is 1. The molecule has 1 N–H and O–H groups in total. The Balaban J connectivity index is 5.19. The summed E-state index contributed by atoms with van der Waals surface area (Å²) in [7, 11) is -2.13. The molecule has 218 valence electrons. The van der Waals surface area contributed by atoms with Gasteiger partial charge in [0.1, 0.15) is 5.60 Å². The molecule has 0 saturated heterocycles. The van der Waals surface area contributed by atoms with E-state index in [1.165, 1.54) is 56.7 Å². The van der Waals surface area contributed by atoms with Crippen molar-refractivity contribution in [1.29, 1.82) is 0 Å². The Morgan fingerprint density at radius 1 is 0.919 bits per heavy atom. The Hall–Kier alpha value is -0.793. The summed E-state index contributed by atoms with van der Waals surface area (Å²) >= 11 is 1.21. The largest absolute Gasteiger partial charge is 0.444 e. The molecular formula is C30H59NO4SSi. The molecule has 7 heteroatoms. The van der Waals surface area contributed by atoms with Crippen LogP contribution in [0.2, 0.25) is 18.1 Å². The molecular weight excluding hydrogens is 498 g/mol. The molecule has 5 nitrogen and oxygen atoms in total. The minimum absolute atomic E-state index is 0.0234. The van der Waals surface area contributed by atoms with Gasteiger partial charge in [0.2, 0.25) is 0 Å². The maximum atomic E-state index is 12.7. The van der Waals surface area contributed by atoms with Gasteiger partial charge in [0.05, 0.1) is 12.1 Å². The summed E-state index contributed by atoms with van der Waals surface area (Å²) in [6.07, 6.45) is 14.9. The fourth-order valence-electron chi connectivity index (χ4n) is 3.59. The number of nitrogens with one attached hydrogen (secondary N) is 1. The molecule has 0 heterocycles. The summed E-state index contributed by atoms with van der Waals surface area (Å²) in [5.74, 6) is 1.26. The summed E-state index contributed by atoms with van der Waals surface area (Å²) < 4.78 is 12.3. The fraction of sp³-hybridized carbons (Fsp3) is 0.867. The van der Waals surface area contributed by atoms with Gasteiger partial charge in [0.15, 0.2) is 13.4 Å². The standard InChI is InChI=1S/C30H59NO4SSi/c1-24(2)21-19-17-15-13-12-14-16-18-20-22-27(35-37(10,11)30(7,8)9)26(23-36-25(3)32)31-28(33)34-29(4,5)6/h20,22,24,26-27H,12-19,21,23H2,1-11H3,(H,31,33)/b22-20+/t26-,27+/m0/s1. The van der Waals surface area contributed by atoms with Crippen molar-refractivity contribution in [3.05, 3.63) is 12.2 Å². The van der Waals surface area contributed by atoms with Crippen LogP contribution in [0.4, 0.5) is 4.79 Å². The lowest BCUT2D eigenvalue weighted by Gasteiger charge is -2.40. The van der Waals surface area contributed by atoms with Crippen LogP contribution in [0.15, 0.2) is 12.2 Å². The first-order chi connectivity index (χ1) is 16.9. The van der Waals surface area contributed by atoms with E-state index >= 15 is 0 Å². The van der Waals surface area contributed by atoms with Gasteiger partial charge < -0.3 is 14.5 Å². The topological polar surface area (TPSA) is 64.6 Å². The minimum Gasteiger partial charge on any atom is -0.444 e. The van der Waals surface area contributed by atoms with Crippen molar-refractivity contribution >= 4 is 31.3 Å². The molecule has 37 heavy (non-hydrogen) atoms. The molecule has 0 bridgehead atoms.